The van der Waals surface area contributed by atoms with Gasteiger partial charge in [0.05, 0.1) is 5.56 Å². The highest BCUT2D eigenvalue weighted by molar-refractivity contribution is 5.95. The summed E-state index contributed by atoms with van der Waals surface area (Å²) in [5, 5.41) is 9.40. The van der Waals surface area contributed by atoms with Gasteiger partial charge >= 0.3 is 5.97 Å². The molecule has 1 aliphatic heterocycles. The number of aromatic nitrogens is 2. The van der Waals surface area contributed by atoms with Crippen LogP contribution in [0.2, 0.25) is 0 Å². The quantitative estimate of drug-likeness (QED) is 0.697. The Bertz CT molecular complexity index is 993. The predicted octanol–water partition coefficient (Wildman–Crippen LogP) is 4.53. The van der Waals surface area contributed by atoms with Crippen LogP contribution in [0.4, 0.5) is 0 Å². The third kappa shape index (κ3) is 4.51. The van der Waals surface area contributed by atoms with Crippen LogP contribution in [0.1, 0.15) is 46.2 Å². The molecule has 5 nitrogen and oxygen atoms in total. The molecule has 4 rings (SSSR count). The Labute approximate surface area is 171 Å². The lowest BCUT2D eigenvalue weighted by molar-refractivity contribution is 0.0697. The molecule has 1 saturated heterocycles. The Morgan fingerprint density at radius 1 is 1.07 bits per heavy atom. The van der Waals surface area contributed by atoms with E-state index in [4.69, 9.17) is 0 Å². The Morgan fingerprint density at radius 2 is 1.79 bits per heavy atom. The van der Waals surface area contributed by atoms with Gasteiger partial charge in [0.2, 0.25) is 0 Å². The number of likely N-dealkylation sites (tertiary alicyclic amines) is 1. The van der Waals surface area contributed by atoms with Crippen molar-refractivity contribution in [1.82, 2.24) is 14.9 Å². The van der Waals surface area contributed by atoms with Crippen LogP contribution in [0, 0.1) is 6.92 Å². The van der Waals surface area contributed by atoms with Crippen molar-refractivity contribution in [3.8, 4) is 11.1 Å². The minimum Gasteiger partial charge on any atom is -0.478 e. The van der Waals surface area contributed by atoms with E-state index in [0.717, 1.165) is 55.1 Å². The van der Waals surface area contributed by atoms with Gasteiger partial charge in [-0.2, -0.15) is 0 Å². The summed E-state index contributed by atoms with van der Waals surface area (Å²) in [5.41, 5.74) is 4.29. The van der Waals surface area contributed by atoms with Crippen LogP contribution < -0.4 is 0 Å². The largest absolute Gasteiger partial charge is 0.478 e. The topological polar surface area (TPSA) is 66.3 Å². The molecule has 0 aliphatic carbocycles. The molecule has 1 fully saturated rings. The molecule has 5 heteroatoms. The highest BCUT2D eigenvalue weighted by Crippen LogP contribution is 2.27. The van der Waals surface area contributed by atoms with Crippen molar-refractivity contribution in [2.45, 2.75) is 32.2 Å². The van der Waals surface area contributed by atoms with Crippen LogP contribution in [0.5, 0.6) is 0 Å². The molecule has 29 heavy (non-hydrogen) atoms. The van der Waals surface area contributed by atoms with E-state index in [2.05, 4.69) is 27.0 Å². The maximum atomic E-state index is 11.5. The normalized spacial score (nSPS) is 15.3. The number of carboxylic acids is 1. The predicted molar refractivity (Wildman–Crippen MR) is 113 cm³/mol. The van der Waals surface area contributed by atoms with Crippen LogP contribution in [0.25, 0.3) is 11.1 Å². The summed E-state index contributed by atoms with van der Waals surface area (Å²) in [6.45, 7) is 4.98. The first-order chi connectivity index (χ1) is 14.1. The first-order valence-corrected chi connectivity index (χ1v) is 10.0. The second kappa shape index (κ2) is 8.53. The van der Waals surface area contributed by atoms with Crippen LogP contribution >= 0.6 is 0 Å². The molecular formula is C24H25N3O2. The SMILES string of the molecule is Cc1ccnc(C2CCN(Cc3ccc(-c4ccccc4C(=O)O)cc3)CC2)n1. The van der Waals surface area contributed by atoms with E-state index >= 15 is 0 Å². The third-order valence-electron chi connectivity index (χ3n) is 5.59. The first-order valence-electron chi connectivity index (χ1n) is 10.0. The summed E-state index contributed by atoms with van der Waals surface area (Å²) < 4.78 is 0. The van der Waals surface area contributed by atoms with Crippen molar-refractivity contribution in [1.29, 1.82) is 0 Å². The van der Waals surface area contributed by atoms with Gasteiger partial charge in [0.15, 0.2) is 0 Å². The lowest BCUT2D eigenvalue weighted by atomic mass is 9.95. The van der Waals surface area contributed by atoms with Crippen molar-refractivity contribution in [3.05, 3.63) is 83.4 Å². The first kappa shape index (κ1) is 19.3. The molecular weight excluding hydrogens is 362 g/mol. The van der Waals surface area contributed by atoms with Gasteiger partial charge in [-0.15, -0.1) is 0 Å². The average molecular weight is 387 g/mol. The van der Waals surface area contributed by atoms with E-state index in [0.29, 0.717) is 11.5 Å². The van der Waals surface area contributed by atoms with Crippen LogP contribution in [0.15, 0.2) is 60.8 Å². The fraction of sp³-hybridized carbons (Fsp3) is 0.292. The lowest BCUT2D eigenvalue weighted by Gasteiger charge is -2.31. The zero-order chi connectivity index (χ0) is 20.2. The molecule has 0 saturated carbocycles. The van der Waals surface area contributed by atoms with Crippen molar-refractivity contribution in [2.75, 3.05) is 13.1 Å². The molecule has 0 spiro atoms. The number of piperidine rings is 1. The van der Waals surface area contributed by atoms with E-state index in [-0.39, 0.29) is 0 Å². The second-order valence-electron chi connectivity index (χ2n) is 7.65. The molecule has 0 amide bonds. The van der Waals surface area contributed by atoms with Crippen LogP contribution in [0.3, 0.4) is 0 Å². The smallest absolute Gasteiger partial charge is 0.336 e. The summed E-state index contributed by atoms with van der Waals surface area (Å²) >= 11 is 0. The van der Waals surface area contributed by atoms with E-state index in [9.17, 15) is 9.90 Å². The number of rotatable bonds is 5. The number of carboxylic acid groups (broad SMARTS) is 1. The number of hydrogen-bond donors (Lipinski definition) is 1. The van der Waals surface area contributed by atoms with Crippen molar-refractivity contribution < 1.29 is 9.90 Å². The van der Waals surface area contributed by atoms with Crippen LogP contribution in [-0.2, 0) is 6.54 Å². The van der Waals surface area contributed by atoms with Gasteiger partial charge in [0.25, 0.3) is 0 Å². The van der Waals surface area contributed by atoms with Crippen molar-refractivity contribution in [2.24, 2.45) is 0 Å². The summed E-state index contributed by atoms with van der Waals surface area (Å²) in [7, 11) is 0. The van der Waals surface area contributed by atoms with Gasteiger partial charge in [0, 0.05) is 24.4 Å². The van der Waals surface area contributed by atoms with Gasteiger partial charge < -0.3 is 5.11 Å². The average Bonchev–Trinajstić information content (AvgIpc) is 2.75. The number of carbonyl (C=O) groups is 1. The minimum atomic E-state index is -0.898. The summed E-state index contributed by atoms with van der Waals surface area (Å²) in [5.74, 6) is 0.525. The lowest BCUT2D eigenvalue weighted by Crippen LogP contribution is -2.33. The molecule has 0 radical (unpaired) electrons. The summed E-state index contributed by atoms with van der Waals surface area (Å²) in [6, 6.07) is 17.3. The zero-order valence-corrected chi connectivity index (χ0v) is 16.6. The Hall–Kier alpha value is -3.05. The molecule has 1 N–H and O–H groups in total. The second-order valence-corrected chi connectivity index (χ2v) is 7.65. The number of nitrogens with zero attached hydrogens (tertiary/aromatic N) is 3. The maximum Gasteiger partial charge on any atom is 0.336 e. The van der Waals surface area contributed by atoms with E-state index in [1.165, 1.54) is 5.56 Å². The number of aryl methyl sites for hydroxylation is 1. The Kier molecular flexibility index (Phi) is 5.67. The van der Waals surface area contributed by atoms with Crippen molar-refractivity contribution >= 4 is 5.97 Å². The zero-order valence-electron chi connectivity index (χ0n) is 16.6. The molecule has 2 aromatic carbocycles. The van der Waals surface area contributed by atoms with Crippen LogP contribution in [-0.4, -0.2) is 39.0 Å². The molecule has 0 unspecified atom stereocenters. The summed E-state index contributed by atoms with van der Waals surface area (Å²) in [4.78, 5) is 23.0. The molecule has 1 aliphatic rings. The number of benzene rings is 2. The van der Waals surface area contributed by atoms with Crippen molar-refractivity contribution in [3.63, 3.8) is 0 Å². The highest BCUT2D eigenvalue weighted by atomic mass is 16.4. The van der Waals surface area contributed by atoms with E-state index in [1.807, 2.05) is 43.5 Å². The van der Waals surface area contributed by atoms with Gasteiger partial charge in [-0.05, 0) is 61.7 Å². The molecule has 2 heterocycles. The Balaban J connectivity index is 1.38. The molecule has 0 bridgehead atoms. The monoisotopic (exact) mass is 387 g/mol. The fourth-order valence-corrected chi connectivity index (χ4v) is 3.98. The standard InChI is InChI=1S/C24H25N3O2/c1-17-10-13-25-23(26-17)20-11-14-27(15-12-20)16-18-6-8-19(9-7-18)21-4-2-3-5-22(21)24(28)29/h2-10,13,20H,11-12,14-16H2,1H3,(H,28,29). The Morgan fingerprint density at radius 3 is 2.48 bits per heavy atom. The van der Waals surface area contributed by atoms with Gasteiger partial charge in [-0.1, -0.05) is 42.5 Å². The fourth-order valence-electron chi connectivity index (χ4n) is 3.98. The molecule has 148 valence electrons. The van der Waals surface area contributed by atoms with Gasteiger partial charge in [-0.25, -0.2) is 14.8 Å². The third-order valence-corrected chi connectivity index (χ3v) is 5.59. The van der Waals surface area contributed by atoms with E-state index < -0.39 is 5.97 Å². The van der Waals surface area contributed by atoms with Gasteiger partial charge in [0.1, 0.15) is 5.82 Å². The van der Waals surface area contributed by atoms with E-state index in [1.54, 1.807) is 12.1 Å². The van der Waals surface area contributed by atoms with Gasteiger partial charge in [-0.3, -0.25) is 4.90 Å². The minimum absolute atomic E-state index is 0.334. The molecule has 3 aromatic rings. The number of hydrogen-bond acceptors (Lipinski definition) is 4. The maximum absolute atomic E-state index is 11.5. The number of aromatic carboxylic acids is 1. The molecule has 1 aromatic heterocycles. The molecule has 0 atom stereocenters. The highest BCUT2D eigenvalue weighted by Gasteiger charge is 2.22. The summed E-state index contributed by atoms with van der Waals surface area (Å²) in [6.07, 6.45) is 4.01.